The summed E-state index contributed by atoms with van der Waals surface area (Å²) in [6.07, 6.45) is 6.75. The molecule has 1 aliphatic carbocycles. The zero-order valence-corrected chi connectivity index (χ0v) is 20.7. The molecule has 3 amide bonds. The Bertz CT molecular complexity index is 913. The van der Waals surface area contributed by atoms with E-state index in [1.54, 1.807) is 6.92 Å². The fourth-order valence-corrected chi connectivity index (χ4v) is 5.73. The second-order valence-electron chi connectivity index (χ2n) is 10.8. The fourth-order valence-electron chi connectivity index (χ4n) is 5.73. The number of piperidine rings is 1. The molecule has 0 aromatic carbocycles. The Balaban J connectivity index is 1.66. The average Bonchev–Trinajstić information content (AvgIpc) is 3.38. The van der Waals surface area contributed by atoms with Crippen molar-refractivity contribution in [3.05, 3.63) is 17.0 Å². The molecule has 1 aromatic rings. The first-order chi connectivity index (χ1) is 15.7. The van der Waals surface area contributed by atoms with E-state index in [1.807, 2.05) is 9.80 Å². The molecule has 2 aliphatic heterocycles. The lowest BCUT2D eigenvalue weighted by Crippen LogP contribution is -2.40. The van der Waals surface area contributed by atoms with Crippen molar-refractivity contribution in [1.82, 2.24) is 24.9 Å². The standard InChI is InChI=1S/C25H39N5O3/c1-5-6-11-26-24(33)29-12-7-8-19(29)23-22-20(15-25(3,4)16-21(22)32)30(27-23)18-9-13-28(14-10-18)17(2)31/h18-19H,5-16H2,1-4H3,(H,26,33)/t19-/m1/s1. The first kappa shape index (κ1) is 23.8. The van der Waals surface area contributed by atoms with Crippen molar-refractivity contribution < 1.29 is 14.4 Å². The van der Waals surface area contributed by atoms with Crippen molar-refractivity contribution in [2.75, 3.05) is 26.2 Å². The monoisotopic (exact) mass is 457 g/mol. The van der Waals surface area contributed by atoms with Gasteiger partial charge in [0.15, 0.2) is 5.78 Å². The minimum absolute atomic E-state index is 0.0485. The van der Waals surface area contributed by atoms with Crippen LogP contribution >= 0.6 is 0 Å². The second-order valence-corrected chi connectivity index (χ2v) is 10.8. The first-order valence-electron chi connectivity index (χ1n) is 12.7. The van der Waals surface area contributed by atoms with Crippen LogP contribution in [0, 0.1) is 5.41 Å². The van der Waals surface area contributed by atoms with Crippen molar-refractivity contribution in [3.8, 4) is 0 Å². The summed E-state index contributed by atoms with van der Waals surface area (Å²) in [7, 11) is 0. The van der Waals surface area contributed by atoms with E-state index in [-0.39, 0.29) is 35.2 Å². The van der Waals surface area contributed by atoms with Crippen LogP contribution in [0.2, 0.25) is 0 Å². The molecule has 8 heteroatoms. The minimum atomic E-state index is -0.149. The van der Waals surface area contributed by atoms with Crippen LogP contribution in [0.1, 0.15) is 106 Å². The predicted octanol–water partition coefficient (Wildman–Crippen LogP) is 3.87. The molecule has 3 heterocycles. The van der Waals surface area contributed by atoms with E-state index in [0.717, 1.165) is 75.0 Å². The Morgan fingerprint density at radius 2 is 1.85 bits per heavy atom. The van der Waals surface area contributed by atoms with E-state index in [0.29, 0.717) is 19.5 Å². The van der Waals surface area contributed by atoms with E-state index < -0.39 is 0 Å². The van der Waals surface area contributed by atoms with E-state index >= 15 is 0 Å². The Kier molecular flexibility index (Phi) is 6.82. The largest absolute Gasteiger partial charge is 0.343 e. The number of carbonyl (C=O) groups excluding carboxylic acids is 3. The van der Waals surface area contributed by atoms with Crippen LogP contribution in [-0.2, 0) is 11.2 Å². The molecule has 2 fully saturated rings. The lowest BCUT2D eigenvalue weighted by Gasteiger charge is -2.34. The van der Waals surface area contributed by atoms with Gasteiger partial charge in [0, 0.05) is 39.5 Å². The Morgan fingerprint density at radius 3 is 2.52 bits per heavy atom. The summed E-state index contributed by atoms with van der Waals surface area (Å²) in [6, 6.07) is -0.0188. The number of ketones is 1. The molecule has 182 valence electrons. The first-order valence-corrected chi connectivity index (χ1v) is 12.7. The molecule has 0 unspecified atom stereocenters. The fraction of sp³-hybridized carbons (Fsp3) is 0.760. The van der Waals surface area contributed by atoms with Gasteiger partial charge < -0.3 is 15.1 Å². The third-order valence-electron chi connectivity index (χ3n) is 7.49. The summed E-state index contributed by atoms with van der Waals surface area (Å²) >= 11 is 0. The van der Waals surface area contributed by atoms with Gasteiger partial charge >= 0.3 is 6.03 Å². The zero-order valence-electron chi connectivity index (χ0n) is 20.7. The highest BCUT2D eigenvalue weighted by molar-refractivity contribution is 6.00. The number of Topliss-reactive ketones (excluding diaryl/α,β-unsaturated/α-hetero) is 1. The van der Waals surface area contributed by atoms with E-state index in [4.69, 9.17) is 5.10 Å². The summed E-state index contributed by atoms with van der Waals surface area (Å²) in [5, 5.41) is 8.13. The number of nitrogens with zero attached hydrogens (tertiary/aromatic N) is 4. The third kappa shape index (κ3) is 4.80. The van der Waals surface area contributed by atoms with Gasteiger partial charge in [-0.25, -0.2) is 4.79 Å². The van der Waals surface area contributed by atoms with Crippen molar-refractivity contribution in [2.45, 2.75) is 91.1 Å². The number of urea groups is 1. The Morgan fingerprint density at radius 1 is 1.12 bits per heavy atom. The maximum absolute atomic E-state index is 13.4. The van der Waals surface area contributed by atoms with Crippen molar-refractivity contribution in [2.24, 2.45) is 5.41 Å². The molecule has 2 saturated heterocycles. The molecule has 1 N–H and O–H groups in total. The topological polar surface area (TPSA) is 87.5 Å². The molecule has 8 nitrogen and oxygen atoms in total. The highest BCUT2D eigenvalue weighted by atomic mass is 16.2. The van der Waals surface area contributed by atoms with Crippen LogP contribution in [0.5, 0.6) is 0 Å². The highest BCUT2D eigenvalue weighted by Gasteiger charge is 2.42. The summed E-state index contributed by atoms with van der Waals surface area (Å²) in [4.78, 5) is 41.9. The summed E-state index contributed by atoms with van der Waals surface area (Å²) < 4.78 is 2.10. The maximum atomic E-state index is 13.4. The molecule has 0 bridgehead atoms. The van der Waals surface area contributed by atoms with Crippen LogP contribution in [0.25, 0.3) is 0 Å². The number of nitrogens with one attached hydrogen (secondary N) is 1. The van der Waals surface area contributed by atoms with Crippen LogP contribution in [-0.4, -0.2) is 63.5 Å². The molecule has 0 saturated carbocycles. The zero-order chi connectivity index (χ0) is 23.8. The molecule has 1 atom stereocenters. The number of amides is 3. The number of fused-ring (bicyclic) bond motifs is 1. The molecule has 1 aromatic heterocycles. The Hall–Kier alpha value is -2.38. The van der Waals surface area contributed by atoms with E-state index in [9.17, 15) is 14.4 Å². The molecule has 4 rings (SSSR count). The summed E-state index contributed by atoms with van der Waals surface area (Å²) in [6.45, 7) is 10.8. The van der Waals surface area contributed by atoms with Gasteiger partial charge in [-0.3, -0.25) is 14.3 Å². The number of carbonyl (C=O) groups is 3. The van der Waals surface area contributed by atoms with Gasteiger partial charge in [-0.1, -0.05) is 27.2 Å². The maximum Gasteiger partial charge on any atom is 0.317 e. The summed E-state index contributed by atoms with van der Waals surface area (Å²) in [5.41, 5.74) is 2.49. The molecule has 3 aliphatic rings. The second kappa shape index (κ2) is 9.47. The Labute approximate surface area is 197 Å². The minimum Gasteiger partial charge on any atom is -0.343 e. The SMILES string of the molecule is CCCCNC(=O)N1CCC[C@@H]1c1nn(C2CCN(C(C)=O)CC2)c2c1C(=O)CC(C)(C)C2. The molecule has 0 spiro atoms. The van der Waals surface area contributed by atoms with Gasteiger partial charge in [-0.05, 0) is 43.9 Å². The van der Waals surface area contributed by atoms with Crippen LogP contribution in [0.3, 0.4) is 0 Å². The van der Waals surface area contributed by atoms with Crippen LogP contribution < -0.4 is 5.32 Å². The van der Waals surface area contributed by atoms with Gasteiger partial charge in [0.1, 0.15) is 0 Å². The van der Waals surface area contributed by atoms with E-state index in [1.165, 1.54) is 0 Å². The van der Waals surface area contributed by atoms with Crippen molar-refractivity contribution in [1.29, 1.82) is 0 Å². The molecule has 33 heavy (non-hydrogen) atoms. The van der Waals surface area contributed by atoms with Gasteiger partial charge in [0.25, 0.3) is 0 Å². The van der Waals surface area contributed by atoms with Gasteiger partial charge in [0.05, 0.1) is 29.0 Å². The molecule has 0 radical (unpaired) electrons. The quantitative estimate of drug-likeness (QED) is 0.680. The number of unbranched alkanes of at least 4 members (excludes halogenated alkanes) is 1. The van der Waals surface area contributed by atoms with Gasteiger partial charge in [-0.2, -0.15) is 5.10 Å². The number of hydrogen-bond donors (Lipinski definition) is 1. The number of hydrogen-bond acceptors (Lipinski definition) is 4. The molecular formula is C25H39N5O3. The molecular weight excluding hydrogens is 418 g/mol. The lowest BCUT2D eigenvalue weighted by molar-refractivity contribution is -0.130. The van der Waals surface area contributed by atoms with Gasteiger partial charge in [-0.15, -0.1) is 0 Å². The lowest BCUT2D eigenvalue weighted by atomic mass is 9.75. The van der Waals surface area contributed by atoms with Crippen LogP contribution in [0.4, 0.5) is 4.79 Å². The van der Waals surface area contributed by atoms with E-state index in [2.05, 4.69) is 30.8 Å². The highest BCUT2D eigenvalue weighted by Crippen LogP contribution is 2.42. The van der Waals surface area contributed by atoms with Crippen molar-refractivity contribution >= 4 is 17.7 Å². The predicted molar refractivity (Wildman–Crippen MR) is 126 cm³/mol. The number of rotatable bonds is 5. The average molecular weight is 458 g/mol. The smallest absolute Gasteiger partial charge is 0.317 e. The summed E-state index contributed by atoms with van der Waals surface area (Å²) in [5.74, 6) is 0.269. The van der Waals surface area contributed by atoms with Crippen LogP contribution in [0.15, 0.2) is 0 Å². The number of aromatic nitrogens is 2. The number of likely N-dealkylation sites (tertiary alicyclic amines) is 2. The third-order valence-corrected chi connectivity index (χ3v) is 7.49. The normalized spacial score (nSPS) is 23.0. The van der Waals surface area contributed by atoms with Crippen molar-refractivity contribution in [3.63, 3.8) is 0 Å². The van der Waals surface area contributed by atoms with Gasteiger partial charge in [0.2, 0.25) is 5.91 Å².